The average molecular weight is 755 g/mol. The van der Waals surface area contributed by atoms with E-state index < -0.39 is 32.5 Å². The van der Waals surface area contributed by atoms with Crippen LogP contribution in [0.3, 0.4) is 0 Å². The first-order chi connectivity index (χ1) is 25.5. The maximum Gasteiger partial charge on any atom is 0.330 e. The lowest BCUT2D eigenvalue weighted by Gasteiger charge is -2.36. The molecule has 0 radical (unpaired) electrons. The van der Waals surface area contributed by atoms with Crippen LogP contribution in [-0.2, 0) is 37.7 Å². The SMILES string of the molecule is C=C1CC(O[Si](CCCC)(CCCC)CCCC)[C@@H]2O[C@@H]2C[C@@H]([C@H](/C=C/[C@@H]2CC(C)=CCO2)OC(C)=O)OC(=O)/C=C\C[C@@H]2C=CC[C@@H](C[C@@H](C)C1)O2. The van der Waals surface area contributed by atoms with Gasteiger partial charge >= 0.3 is 11.9 Å². The van der Waals surface area contributed by atoms with Crippen LogP contribution in [-0.4, -0.2) is 75.7 Å². The minimum Gasteiger partial charge on any atom is -0.455 e. The molecule has 0 aliphatic carbocycles. The molecule has 0 aromatic carbocycles. The van der Waals surface area contributed by atoms with Crippen molar-refractivity contribution in [2.45, 2.75) is 192 Å². The van der Waals surface area contributed by atoms with Crippen LogP contribution >= 0.6 is 0 Å². The molecule has 4 rings (SSSR count). The lowest BCUT2D eigenvalue weighted by molar-refractivity contribution is -0.160. The molecule has 8 nitrogen and oxygen atoms in total. The average Bonchev–Trinajstić information content (AvgIpc) is 3.88. The number of unbranched alkanes of at least 4 members (excludes halogenated alkanes) is 3. The first-order valence-corrected chi connectivity index (χ1v) is 23.4. The van der Waals surface area contributed by atoms with E-state index in [-0.39, 0.29) is 36.6 Å². The highest BCUT2D eigenvalue weighted by Crippen LogP contribution is 2.41. The summed E-state index contributed by atoms with van der Waals surface area (Å²) in [6.45, 7) is 17.7. The van der Waals surface area contributed by atoms with Crippen molar-refractivity contribution < 1.29 is 37.7 Å². The largest absolute Gasteiger partial charge is 0.455 e. The summed E-state index contributed by atoms with van der Waals surface area (Å²) in [5.74, 6) is -0.514. The quantitative estimate of drug-likeness (QED) is 0.0706. The highest BCUT2D eigenvalue weighted by atomic mass is 28.4. The number of carbonyl (C=O) groups is 2. The van der Waals surface area contributed by atoms with Crippen molar-refractivity contribution in [3.63, 3.8) is 0 Å². The van der Waals surface area contributed by atoms with Crippen molar-refractivity contribution >= 4 is 20.3 Å². The van der Waals surface area contributed by atoms with Crippen molar-refractivity contribution in [3.05, 3.63) is 60.3 Å². The van der Waals surface area contributed by atoms with Gasteiger partial charge in [0.25, 0.3) is 0 Å². The van der Waals surface area contributed by atoms with E-state index in [4.69, 9.17) is 28.1 Å². The van der Waals surface area contributed by atoms with Gasteiger partial charge in [-0.1, -0.05) is 114 Å². The highest BCUT2D eigenvalue weighted by Gasteiger charge is 2.51. The maximum absolute atomic E-state index is 13.4. The van der Waals surface area contributed by atoms with Gasteiger partial charge in [0.1, 0.15) is 12.2 Å². The first-order valence-electron chi connectivity index (χ1n) is 20.8. The number of esters is 2. The molecule has 0 saturated carbocycles. The molecule has 4 aliphatic heterocycles. The van der Waals surface area contributed by atoms with E-state index in [1.54, 1.807) is 0 Å². The Bertz CT molecular complexity index is 1270. The summed E-state index contributed by atoms with van der Waals surface area (Å²) in [6.07, 6.45) is 23.4. The Morgan fingerprint density at radius 1 is 1.00 bits per heavy atom. The fraction of sp³-hybridized carbons (Fsp3) is 0.727. The van der Waals surface area contributed by atoms with Crippen LogP contribution in [0.25, 0.3) is 0 Å². The predicted molar refractivity (Wildman–Crippen MR) is 214 cm³/mol. The van der Waals surface area contributed by atoms with Crippen molar-refractivity contribution in [2.75, 3.05) is 6.61 Å². The molecule has 53 heavy (non-hydrogen) atoms. The molecule has 4 aliphatic rings. The van der Waals surface area contributed by atoms with E-state index >= 15 is 0 Å². The number of epoxide rings is 1. The van der Waals surface area contributed by atoms with Gasteiger partial charge in [-0.05, 0) is 75.6 Å². The second kappa shape index (κ2) is 22.3. The van der Waals surface area contributed by atoms with E-state index in [1.165, 1.54) is 43.4 Å². The Kier molecular flexibility index (Phi) is 18.3. The Hall–Kier alpha value is -2.30. The van der Waals surface area contributed by atoms with Gasteiger partial charge in [-0.3, -0.25) is 4.79 Å². The van der Waals surface area contributed by atoms with Gasteiger partial charge < -0.3 is 28.1 Å². The summed E-state index contributed by atoms with van der Waals surface area (Å²) >= 11 is 0. The van der Waals surface area contributed by atoms with Crippen molar-refractivity contribution in [3.8, 4) is 0 Å². The second-order valence-electron chi connectivity index (χ2n) is 16.2. The van der Waals surface area contributed by atoms with Crippen molar-refractivity contribution in [1.29, 1.82) is 0 Å². The number of ether oxygens (including phenoxy) is 5. The molecule has 0 N–H and O–H groups in total. The number of hydrogen-bond donors (Lipinski definition) is 0. The zero-order valence-corrected chi connectivity index (χ0v) is 34.7. The molecule has 9 heteroatoms. The molecule has 1 unspecified atom stereocenters. The van der Waals surface area contributed by atoms with Gasteiger partial charge in [0.15, 0.2) is 14.4 Å². The lowest BCUT2D eigenvalue weighted by Crippen LogP contribution is -2.44. The molecule has 2 bridgehead atoms. The molecule has 4 heterocycles. The predicted octanol–water partition coefficient (Wildman–Crippen LogP) is 10.0. The van der Waals surface area contributed by atoms with Gasteiger partial charge in [-0.2, -0.15) is 0 Å². The molecule has 298 valence electrons. The monoisotopic (exact) mass is 754 g/mol. The van der Waals surface area contributed by atoms with Crippen LogP contribution in [0.4, 0.5) is 0 Å². The van der Waals surface area contributed by atoms with Gasteiger partial charge in [0, 0.05) is 19.4 Å². The Morgan fingerprint density at radius 2 is 1.72 bits per heavy atom. The van der Waals surface area contributed by atoms with E-state index in [0.29, 0.717) is 25.4 Å². The maximum atomic E-state index is 13.4. The zero-order chi connectivity index (χ0) is 38.2. The molecule has 0 spiro atoms. The van der Waals surface area contributed by atoms with Crippen LogP contribution in [0.15, 0.2) is 60.3 Å². The molecular formula is C44H70O8Si. The number of cyclic esters (lactones) is 1. The van der Waals surface area contributed by atoms with Crippen LogP contribution in [0.5, 0.6) is 0 Å². The van der Waals surface area contributed by atoms with E-state index in [2.05, 4.69) is 59.4 Å². The third kappa shape index (κ3) is 15.0. The summed E-state index contributed by atoms with van der Waals surface area (Å²) in [5.41, 5.74) is 2.44. The Labute approximate surface area is 321 Å². The Morgan fingerprint density at radius 3 is 2.38 bits per heavy atom. The van der Waals surface area contributed by atoms with Crippen LogP contribution in [0.1, 0.15) is 125 Å². The zero-order valence-electron chi connectivity index (χ0n) is 33.7. The number of hydrogen-bond acceptors (Lipinski definition) is 8. The fourth-order valence-electron chi connectivity index (χ4n) is 8.20. The van der Waals surface area contributed by atoms with E-state index in [0.717, 1.165) is 69.5 Å². The summed E-state index contributed by atoms with van der Waals surface area (Å²) in [6, 6.07) is 3.49. The standard InChI is InChI=1S/C44H70O8Si/c1-8-11-24-53(25-12-9-2,26-13-10-3)52-42-30-34(6)27-33(5)29-38-18-14-16-36(49-38)17-15-19-43(46)50-40(31-41-44(42)51-41)39(48-35(7)45)21-20-37-28-32(4)22-23-47-37/h14-16,19-22,33,36-42,44H,6,8-13,17-18,23-31H2,1-5,7H3/b19-15-,21-20+/t33-,36-,37+,38-,39-,40-,41+,42?,44+/m0/s1. The van der Waals surface area contributed by atoms with Gasteiger partial charge in [-0.15, -0.1) is 0 Å². The molecule has 0 amide bonds. The van der Waals surface area contributed by atoms with Crippen molar-refractivity contribution in [2.24, 2.45) is 5.92 Å². The smallest absolute Gasteiger partial charge is 0.330 e. The second-order valence-corrected chi connectivity index (χ2v) is 20.3. The third-order valence-electron chi connectivity index (χ3n) is 11.1. The minimum absolute atomic E-state index is 0.0987. The summed E-state index contributed by atoms with van der Waals surface area (Å²) < 4.78 is 38.5. The van der Waals surface area contributed by atoms with Gasteiger partial charge in [-0.25, -0.2) is 4.79 Å². The van der Waals surface area contributed by atoms with E-state index in [1.807, 2.05) is 18.2 Å². The van der Waals surface area contributed by atoms with Crippen LogP contribution in [0, 0.1) is 5.92 Å². The Balaban J connectivity index is 1.66. The summed E-state index contributed by atoms with van der Waals surface area (Å²) in [5, 5.41) is 0. The fourth-order valence-corrected chi connectivity index (χ4v) is 13.2. The summed E-state index contributed by atoms with van der Waals surface area (Å²) in [7, 11) is -2.11. The highest BCUT2D eigenvalue weighted by molar-refractivity contribution is 6.73. The molecule has 0 aromatic heterocycles. The van der Waals surface area contributed by atoms with Crippen molar-refractivity contribution in [1.82, 2.24) is 0 Å². The third-order valence-corrected chi connectivity index (χ3v) is 15.7. The minimum atomic E-state index is -2.11. The van der Waals surface area contributed by atoms with Gasteiger partial charge in [0.2, 0.25) is 0 Å². The summed E-state index contributed by atoms with van der Waals surface area (Å²) in [4.78, 5) is 25.9. The molecule has 1 fully saturated rings. The first kappa shape index (κ1) is 43.4. The number of rotatable bonds is 15. The molecule has 0 aromatic rings. The lowest BCUT2D eigenvalue weighted by atomic mass is 9.91. The molecule has 9 atom stereocenters. The molecule has 1 saturated heterocycles. The normalized spacial score (nSPS) is 31.5. The van der Waals surface area contributed by atoms with E-state index in [9.17, 15) is 9.59 Å². The van der Waals surface area contributed by atoms with Crippen LogP contribution in [0.2, 0.25) is 18.1 Å². The number of carbonyl (C=O) groups excluding carboxylic acids is 2. The van der Waals surface area contributed by atoms with Crippen LogP contribution < -0.4 is 0 Å². The molecular weight excluding hydrogens is 685 g/mol. The number of fused-ring (bicyclic) bond motifs is 3. The topological polar surface area (TPSA) is 92.8 Å². The van der Waals surface area contributed by atoms with Gasteiger partial charge in [0.05, 0.1) is 37.1 Å².